The van der Waals surface area contributed by atoms with Gasteiger partial charge in [-0.25, -0.2) is 4.98 Å². The number of fused-ring (bicyclic) bond motifs is 1. The van der Waals surface area contributed by atoms with Gasteiger partial charge in [0.2, 0.25) is 0 Å². The molecule has 9 rings (SSSR count). The van der Waals surface area contributed by atoms with Crippen molar-refractivity contribution >= 4 is 11.0 Å². The van der Waals surface area contributed by atoms with Crippen molar-refractivity contribution < 1.29 is 27.5 Å². The van der Waals surface area contributed by atoms with Crippen molar-refractivity contribution in [2.45, 2.75) is 143 Å². The van der Waals surface area contributed by atoms with E-state index < -0.39 is 5.89 Å². The Hall–Kier alpha value is -5.57. The van der Waals surface area contributed by atoms with Gasteiger partial charge in [-0.3, -0.25) is 9.55 Å². The van der Waals surface area contributed by atoms with Crippen LogP contribution in [0.4, 0.5) is 0 Å². The molecule has 0 radical (unpaired) electrons. The van der Waals surface area contributed by atoms with E-state index in [9.17, 15) is 6.48 Å². The zero-order chi connectivity index (χ0) is 49.3. The average Bonchev–Trinajstić information content (AvgIpc) is 3.70. The van der Waals surface area contributed by atoms with E-state index in [4.69, 9.17) is 9.97 Å². The molecule has 6 aromatic carbocycles. The van der Waals surface area contributed by atoms with E-state index in [1.54, 1.807) is 0 Å². The summed E-state index contributed by atoms with van der Waals surface area (Å²) in [6.45, 7) is 26.7. The maximum Gasteiger partial charge on any atom is 0.148 e. The van der Waals surface area contributed by atoms with Gasteiger partial charge in [0.15, 0.2) is 0 Å². The Balaban J connectivity index is 0.00000659. The fraction of sp³-hybridized carbons (Fsp3) is 0.344. The third kappa shape index (κ3) is 10.2. The molecule has 0 amide bonds. The molecule has 1 saturated carbocycles. The van der Waals surface area contributed by atoms with E-state index in [-0.39, 0.29) is 48.5 Å². The molecule has 0 spiro atoms. The monoisotopic (exact) mass is 1090 g/mol. The number of imidazole rings is 1. The summed E-state index contributed by atoms with van der Waals surface area (Å²) in [6.07, 6.45) is 7.22. The molecule has 8 aromatic rings. The van der Waals surface area contributed by atoms with E-state index in [0.717, 1.165) is 104 Å². The number of benzene rings is 6. The van der Waals surface area contributed by atoms with Gasteiger partial charge in [-0.15, -0.1) is 29.3 Å². The number of pyridine rings is 1. The van der Waals surface area contributed by atoms with Crippen LogP contribution in [0.2, 0.25) is 0 Å². The molecule has 0 bridgehead atoms. The fourth-order valence-corrected chi connectivity index (χ4v) is 9.81. The molecule has 2 aromatic heterocycles. The summed E-state index contributed by atoms with van der Waals surface area (Å²) in [6, 6.07) is 49.6. The van der Waals surface area contributed by atoms with Gasteiger partial charge in [-0.1, -0.05) is 198 Å². The summed E-state index contributed by atoms with van der Waals surface area (Å²) in [7, 11) is 0. The molecule has 4 nitrogen and oxygen atoms in total. The Labute approximate surface area is 428 Å². The first-order valence-electron chi connectivity index (χ1n) is 25.3. The molecule has 358 valence electrons. The molecule has 1 N–H and O–H groups in total. The maximum atomic E-state index is 12.6. The molecular formula is C64H70N3OPt-. The van der Waals surface area contributed by atoms with Crippen molar-refractivity contribution in [1.82, 2.24) is 14.5 Å². The molecular weight excluding hydrogens is 1020 g/mol. The molecule has 1 aliphatic rings. The van der Waals surface area contributed by atoms with Crippen molar-refractivity contribution in [3.8, 4) is 67.5 Å². The molecule has 5 heteroatoms. The largest absolute Gasteiger partial charge is 0.507 e. The topological polar surface area (TPSA) is 50.9 Å². The van der Waals surface area contributed by atoms with Gasteiger partial charge in [0, 0.05) is 45.5 Å². The van der Waals surface area contributed by atoms with Gasteiger partial charge in [-0.2, -0.15) is 0 Å². The van der Waals surface area contributed by atoms with Crippen LogP contribution in [0.1, 0.15) is 150 Å². The van der Waals surface area contributed by atoms with E-state index in [2.05, 4.69) is 221 Å². The minimum Gasteiger partial charge on any atom is -0.507 e. The average molecular weight is 1090 g/mol. The fourth-order valence-electron chi connectivity index (χ4n) is 9.81. The van der Waals surface area contributed by atoms with Crippen LogP contribution < -0.4 is 0 Å². The zero-order valence-corrected chi connectivity index (χ0v) is 45.1. The standard InChI is InChI=1S/C64H70N3O.Pt/c1-61(2,3)48-30-31-56(52(38-48)44-22-17-14-18-23-44)67-57-25-19-24-51(58(57)66-60(67)53-39-50(63(7,8)9)40-54(59(53)68)64(10,11)12)46-34-47(36-49(35-46)62(4,5)6)55-37-45(32-33-65-55)43-28-26-42(27-29-43)41-20-15-13-16-21-41;/h14,17-19,22-33,35-41,68H,13,15-16,20-21H2,1-12H3;/q-1;/i41D;. The van der Waals surface area contributed by atoms with Crippen molar-refractivity contribution in [2.24, 2.45) is 0 Å². The molecule has 69 heavy (non-hydrogen) atoms. The van der Waals surface area contributed by atoms with Gasteiger partial charge in [0.25, 0.3) is 0 Å². The Bertz CT molecular complexity index is 3190. The van der Waals surface area contributed by atoms with E-state index in [1.807, 2.05) is 6.20 Å². The number of aromatic hydroxyl groups is 1. The van der Waals surface area contributed by atoms with E-state index in [0.29, 0.717) is 11.4 Å². The minimum absolute atomic E-state index is 0. The Kier molecular flexibility index (Phi) is 13.3. The van der Waals surface area contributed by atoms with Crippen LogP contribution in [-0.4, -0.2) is 19.6 Å². The number of nitrogens with zero attached hydrogens (tertiary/aromatic N) is 3. The number of hydrogen-bond donors (Lipinski definition) is 1. The van der Waals surface area contributed by atoms with Gasteiger partial charge in [0.05, 0.1) is 22.3 Å². The van der Waals surface area contributed by atoms with Crippen molar-refractivity contribution in [3.05, 3.63) is 167 Å². The summed E-state index contributed by atoms with van der Waals surface area (Å²) in [5.41, 5.74) is 16.2. The summed E-state index contributed by atoms with van der Waals surface area (Å²) >= 11 is 0. The number of rotatable bonds is 7. The second-order valence-corrected chi connectivity index (χ2v) is 23.3. The van der Waals surface area contributed by atoms with Crippen LogP contribution in [0.25, 0.3) is 72.7 Å². The molecule has 0 unspecified atom stereocenters. The zero-order valence-electron chi connectivity index (χ0n) is 43.8. The van der Waals surface area contributed by atoms with Crippen molar-refractivity contribution in [1.29, 1.82) is 0 Å². The summed E-state index contributed by atoms with van der Waals surface area (Å²) < 4.78 is 11.5. The Morgan fingerprint density at radius 1 is 0.565 bits per heavy atom. The smallest absolute Gasteiger partial charge is 0.148 e. The second kappa shape index (κ2) is 19.0. The normalized spacial score (nSPS) is 14.6. The maximum absolute atomic E-state index is 12.6. The summed E-state index contributed by atoms with van der Waals surface area (Å²) in [5.74, 6) is 0.435. The molecule has 0 atom stereocenters. The number of phenolic OH excluding ortho intramolecular Hbond substituents is 1. The number of hydrogen-bond acceptors (Lipinski definition) is 3. The van der Waals surface area contributed by atoms with Crippen LogP contribution >= 0.6 is 0 Å². The molecule has 1 aliphatic carbocycles. The Morgan fingerprint density at radius 3 is 1.86 bits per heavy atom. The molecule has 0 aliphatic heterocycles. The predicted octanol–water partition coefficient (Wildman–Crippen LogP) is 17.5. The Morgan fingerprint density at radius 2 is 1.20 bits per heavy atom. The van der Waals surface area contributed by atoms with Crippen LogP contribution in [0.5, 0.6) is 5.75 Å². The number of phenols is 1. The van der Waals surface area contributed by atoms with Gasteiger partial charge in [-0.05, 0) is 104 Å². The van der Waals surface area contributed by atoms with Gasteiger partial charge in [0.1, 0.15) is 11.6 Å². The summed E-state index contributed by atoms with van der Waals surface area (Å²) in [5, 5.41) is 12.6. The van der Waals surface area contributed by atoms with Crippen molar-refractivity contribution in [2.75, 3.05) is 0 Å². The number of aromatic nitrogens is 3. The van der Waals surface area contributed by atoms with E-state index >= 15 is 0 Å². The van der Waals surface area contributed by atoms with E-state index in [1.165, 1.54) is 17.5 Å². The third-order valence-corrected chi connectivity index (χ3v) is 14.0. The molecule has 1 fully saturated rings. The molecule has 2 heterocycles. The first-order chi connectivity index (χ1) is 32.5. The van der Waals surface area contributed by atoms with Crippen LogP contribution in [0.15, 0.2) is 134 Å². The number of para-hydroxylation sites is 1. The van der Waals surface area contributed by atoms with Crippen LogP contribution in [0.3, 0.4) is 0 Å². The molecule has 0 saturated heterocycles. The predicted molar refractivity (Wildman–Crippen MR) is 287 cm³/mol. The van der Waals surface area contributed by atoms with Gasteiger partial charge < -0.3 is 5.11 Å². The van der Waals surface area contributed by atoms with Gasteiger partial charge >= 0.3 is 0 Å². The third-order valence-electron chi connectivity index (χ3n) is 14.0. The second-order valence-electron chi connectivity index (χ2n) is 23.3. The minimum atomic E-state index is -0.494. The van der Waals surface area contributed by atoms with Crippen LogP contribution in [-0.2, 0) is 42.7 Å². The SMILES string of the molecule is [2H]C1(c2ccc(-c3ccnc(-c4[c-]c(-c5cccc6c5nc(-c5cc(C(C)(C)C)cc(C(C)(C)C)c5O)n6-c5ccc(C(C)(C)C)cc5-c5ccccc5)cc(C(C)(C)C)c4)c3)cc2)CCCCC1.[Pt]. The van der Waals surface area contributed by atoms with Crippen LogP contribution in [0, 0.1) is 6.07 Å². The first-order valence-corrected chi connectivity index (χ1v) is 24.8. The summed E-state index contributed by atoms with van der Waals surface area (Å²) in [4.78, 5) is 10.7. The first kappa shape index (κ1) is 48.5. The van der Waals surface area contributed by atoms with Crippen molar-refractivity contribution in [3.63, 3.8) is 0 Å². The quantitative estimate of drug-likeness (QED) is 0.162.